The molecule has 0 aliphatic heterocycles. The van der Waals surface area contributed by atoms with Crippen LogP contribution >= 0.6 is 0 Å². The lowest BCUT2D eigenvalue weighted by Gasteiger charge is -2.20. The second-order valence-electron chi connectivity index (χ2n) is 5.01. The van der Waals surface area contributed by atoms with E-state index >= 15 is 0 Å². The SMILES string of the molecule is C=C(CNC(=O)OC(C)(C)C)c1ccc(O)cc1. The highest BCUT2D eigenvalue weighted by Crippen LogP contribution is 2.16. The van der Waals surface area contributed by atoms with Crippen molar-refractivity contribution in [3.8, 4) is 5.75 Å². The fourth-order valence-corrected chi connectivity index (χ4v) is 1.29. The van der Waals surface area contributed by atoms with Gasteiger partial charge in [-0.2, -0.15) is 0 Å². The molecule has 98 valence electrons. The molecule has 0 saturated carbocycles. The summed E-state index contributed by atoms with van der Waals surface area (Å²) in [6.45, 7) is 9.60. The van der Waals surface area contributed by atoms with Crippen LogP contribution in [0.25, 0.3) is 5.57 Å². The van der Waals surface area contributed by atoms with E-state index < -0.39 is 11.7 Å². The molecular formula is C14H19NO3. The van der Waals surface area contributed by atoms with Crippen LogP contribution in [0, 0.1) is 0 Å². The van der Waals surface area contributed by atoms with Crippen molar-refractivity contribution >= 4 is 11.7 Å². The Kier molecular flexibility index (Phi) is 4.37. The van der Waals surface area contributed by atoms with Gasteiger partial charge in [0, 0.05) is 6.54 Å². The molecule has 1 aromatic carbocycles. The van der Waals surface area contributed by atoms with Crippen LogP contribution in [0.3, 0.4) is 0 Å². The van der Waals surface area contributed by atoms with E-state index in [1.54, 1.807) is 45.0 Å². The molecule has 0 spiro atoms. The molecule has 0 atom stereocenters. The van der Waals surface area contributed by atoms with Crippen LogP contribution in [-0.2, 0) is 4.74 Å². The number of amides is 1. The van der Waals surface area contributed by atoms with Crippen molar-refractivity contribution in [1.29, 1.82) is 0 Å². The Morgan fingerprint density at radius 3 is 2.39 bits per heavy atom. The standard InChI is InChI=1S/C14H19NO3/c1-10(11-5-7-12(16)8-6-11)9-15-13(17)18-14(2,3)4/h5-8,16H,1,9H2,2-4H3,(H,15,17). The normalized spacial score (nSPS) is 10.8. The molecule has 0 unspecified atom stereocenters. The molecule has 0 bridgehead atoms. The summed E-state index contributed by atoms with van der Waals surface area (Å²) in [7, 11) is 0. The number of rotatable bonds is 3. The van der Waals surface area contributed by atoms with Gasteiger partial charge in [0.1, 0.15) is 11.4 Å². The van der Waals surface area contributed by atoms with Crippen molar-refractivity contribution in [3.63, 3.8) is 0 Å². The van der Waals surface area contributed by atoms with Crippen LogP contribution < -0.4 is 5.32 Å². The summed E-state index contributed by atoms with van der Waals surface area (Å²) in [5.74, 6) is 0.201. The van der Waals surface area contributed by atoms with Crippen molar-refractivity contribution < 1.29 is 14.6 Å². The fourth-order valence-electron chi connectivity index (χ4n) is 1.29. The van der Waals surface area contributed by atoms with Crippen LogP contribution in [0.4, 0.5) is 4.79 Å². The van der Waals surface area contributed by atoms with Gasteiger partial charge >= 0.3 is 6.09 Å². The van der Waals surface area contributed by atoms with Crippen molar-refractivity contribution in [2.75, 3.05) is 6.54 Å². The minimum atomic E-state index is -0.510. The number of carbonyl (C=O) groups excluding carboxylic acids is 1. The number of ether oxygens (including phenoxy) is 1. The maximum Gasteiger partial charge on any atom is 0.407 e. The van der Waals surface area contributed by atoms with E-state index in [1.165, 1.54) is 0 Å². The zero-order chi connectivity index (χ0) is 13.8. The average molecular weight is 249 g/mol. The maximum atomic E-state index is 11.4. The Labute approximate surface area is 107 Å². The van der Waals surface area contributed by atoms with Crippen molar-refractivity contribution in [1.82, 2.24) is 5.32 Å². The van der Waals surface area contributed by atoms with Gasteiger partial charge in [0.15, 0.2) is 0 Å². The number of nitrogens with one attached hydrogen (secondary N) is 1. The fraction of sp³-hybridized carbons (Fsp3) is 0.357. The average Bonchev–Trinajstić information content (AvgIpc) is 2.24. The number of hydrogen-bond acceptors (Lipinski definition) is 3. The summed E-state index contributed by atoms with van der Waals surface area (Å²) in [6, 6.07) is 6.64. The Hall–Kier alpha value is -1.97. The Bertz CT molecular complexity index is 429. The minimum absolute atomic E-state index is 0.201. The molecule has 2 N–H and O–H groups in total. The van der Waals surface area contributed by atoms with Gasteiger partial charge in [0.05, 0.1) is 0 Å². The summed E-state index contributed by atoms with van der Waals surface area (Å²) in [5.41, 5.74) is 1.11. The van der Waals surface area contributed by atoms with E-state index in [0.29, 0.717) is 6.54 Å². The molecule has 1 rings (SSSR count). The highest BCUT2D eigenvalue weighted by Gasteiger charge is 2.15. The summed E-state index contributed by atoms with van der Waals surface area (Å²) in [6.07, 6.45) is -0.470. The molecular weight excluding hydrogens is 230 g/mol. The van der Waals surface area contributed by atoms with Gasteiger partial charge in [-0.1, -0.05) is 18.7 Å². The molecule has 0 heterocycles. The molecule has 0 fully saturated rings. The molecule has 0 radical (unpaired) electrons. The maximum absolute atomic E-state index is 11.4. The van der Waals surface area contributed by atoms with Gasteiger partial charge < -0.3 is 15.2 Å². The zero-order valence-corrected chi connectivity index (χ0v) is 11.0. The summed E-state index contributed by atoms with van der Waals surface area (Å²) in [4.78, 5) is 11.4. The molecule has 0 aromatic heterocycles. The van der Waals surface area contributed by atoms with Crippen LogP contribution in [0.2, 0.25) is 0 Å². The molecule has 18 heavy (non-hydrogen) atoms. The van der Waals surface area contributed by atoms with E-state index in [-0.39, 0.29) is 5.75 Å². The quantitative estimate of drug-likeness (QED) is 0.866. The number of aromatic hydroxyl groups is 1. The number of carbonyl (C=O) groups is 1. The highest BCUT2D eigenvalue weighted by atomic mass is 16.6. The Balaban J connectivity index is 2.47. The monoisotopic (exact) mass is 249 g/mol. The third-order valence-corrected chi connectivity index (χ3v) is 2.12. The van der Waals surface area contributed by atoms with E-state index in [0.717, 1.165) is 11.1 Å². The Morgan fingerprint density at radius 2 is 1.89 bits per heavy atom. The lowest BCUT2D eigenvalue weighted by Crippen LogP contribution is -2.33. The summed E-state index contributed by atoms with van der Waals surface area (Å²) < 4.78 is 5.11. The highest BCUT2D eigenvalue weighted by molar-refractivity contribution is 5.73. The molecule has 4 heteroatoms. The number of alkyl carbamates (subject to hydrolysis) is 1. The lowest BCUT2D eigenvalue weighted by molar-refractivity contribution is 0.0535. The summed E-state index contributed by atoms with van der Waals surface area (Å²) >= 11 is 0. The van der Waals surface area contributed by atoms with Crippen LogP contribution in [0.15, 0.2) is 30.8 Å². The lowest BCUT2D eigenvalue weighted by atomic mass is 10.1. The van der Waals surface area contributed by atoms with Gasteiger partial charge in [0.25, 0.3) is 0 Å². The first kappa shape index (κ1) is 14.1. The number of hydrogen-bond donors (Lipinski definition) is 2. The predicted octanol–water partition coefficient (Wildman–Crippen LogP) is 2.93. The smallest absolute Gasteiger partial charge is 0.407 e. The van der Waals surface area contributed by atoms with Gasteiger partial charge in [-0.05, 0) is 44.0 Å². The second kappa shape index (κ2) is 5.58. The first-order chi connectivity index (χ1) is 8.28. The van der Waals surface area contributed by atoms with Crippen LogP contribution in [0.1, 0.15) is 26.3 Å². The molecule has 0 aliphatic carbocycles. The number of benzene rings is 1. The van der Waals surface area contributed by atoms with Crippen molar-refractivity contribution in [3.05, 3.63) is 36.4 Å². The third-order valence-electron chi connectivity index (χ3n) is 2.12. The molecule has 4 nitrogen and oxygen atoms in total. The molecule has 1 amide bonds. The van der Waals surface area contributed by atoms with Gasteiger partial charge in [-0.15, -0.1) is 0 Å². The third kappa shape index (κ3) is 4.91. The molecule has 0 saturated heterocycles. The minimum Gasteiger partial charge on any atom is -0.508 e. The molecule has 1 aromatic rings. The van der Waals surface area contributed by atoms with E-state index in [2.05, 4.69) is 11.9 Å². The number of phenolic OH excluding ortho intramolecular Hbond substituents is 1. The van der Waals surface area contributed by atoms with Gasteiger partial charge in [-0.3, -0.25) is 0 Å². The van der Waals surface area contributed by atoms with Crippen molar-refractivity contribution in [2.24, 2.45) is 0 Å². The van der Waals surface area contributed by atoms with E-state index in [4.69, 9.17) is 9.84 Å². The van der Waals surface area contributed by atoms with Crippen LogP contribution in [0.5, 0.6) is 5.75 Å². The van der Waals surface area contributed by atoms with Crippen LogP contribution in [-0.4, -0.2) is 23.3 Å². The van der Waals surface area contributed by atoms with E-state index in [1.807, 2.05) is 0 Å². The topological polar surface area (TPSA) is 58.6 Å². The first-order valence-electron chi connectivity index (χ1n) is 5.72. The predicted molar refractivity (Wildman–Crippen MR) is 71.4 cm³/mol. The summed E-state index contributed by atoms with van der Waals surface area (Å²) in [5, 5.41) is 11.8. The van der Waals surface area contributed by atoms with Crippen molar-refractivity contribution in [2.45, 2.75) is 26.4 Å². The zero-order valence-electron chi connectivity index (χ0n) is 11.0. The first-order valence-corrected chi connectivity index (χ1v) is 5.72. The number of phenols is 1. The van der Waals surface area contributed by atoms with Gasteiger partial charge in [0.2, 0.25) is 0 Å². The molecule has 0 aliphatic rings. The largest absolute Gasteiger partial charge is 0.508 e. The van der Waals surface area contributed by atoms with E-state index in [9.17, 15) is 4.79 Å². The van der Waals surface area contributed by atoms with Gasteiger partial charge in [-0.25, -0.2) is 4.79 Å². The second-order valence-corrected chi connectivity index (χ2v) is 5.01. The Morgan fingerprint density at radius 1 is 1.33 bits per heavy atom.